The molecule has 2 bridgehead atoms. The maximum Gasteiger partial charge on any atom is 0.307 e. The number of carboxylic acid groups (broad SMARTS) is 1. The van der Waals surface area contributed by atoms with Crippen LogP contribution in [-0.2, 0) is 16.0 Å². The van der Waals surface area contributed by atoms with Gasteiger partial charge in [-0.1, -0.05) is 24.3 Å². The summed E-state index contributed by atoms with van der Waals surface area (Å²) in [6, 6.07) is 8.32. The molecule has 0 spiro atoms. The SMILES string of the molecule is O=C(O)[C@H]1[C@H]2CC[C@@H](C2)[C@@H]1C(=O)N[C@@H]1CCCc2ccccc21. The van der Waals surface area contributed by atoms with Gasteiger partial charge in [-0.05, 0) is 61.5 Å². The van der Waals surface area contributed by atoms with Crippen molar-refractivity contribution in [3.8, 4) is 0 Å². The van der Waals surface area contributed by atoms with E-state index in [2.05, 4.69) is 17.4 Å². The smallest absolute Gasteiger partial charge is 0.307 e. The van der Waals surface area contributed by atoms with Crippen molar-refractivity contribution in [2.24, 2.45) is 23.7 Å². The Hall–Kier alpha value is -1.84. The van der Waals surface area contributed by atoms with Gasteiger partial charge >= 0.3 is 5.97 Å². The van der Waals surface area contributed by atoms with Gasteiger partial charge in [-0.25, -0.2) is 0 Å². The summed E-state index contributed by atoms with van der Waals surface area (Å²) in [5, 5.41) is 12.7. The van der Waals surface area contributed by atoms with Crippen LogP contribution >= 0.6 is 0 Å². The van der Waals surface area contributed by atoms with Gasteiger partial charge in [-0.3, -0.25) is 9.59 Å². The van der Waals surface area contributed by atoms with Crippen LogP contribution in [0.4, 0.5) is 0 Å². The molecule has 0 aromatic heterocycles. The molecule has 4 nitrogen and oxygen atoms in total. The molecule has 0 unspecified atom stereocenters. The lowest BCUT2D eigenvalue weighted by Crippen LogP contribution is -2.43. The Morgan fingerprint density at radius 1 is 1.04 bits per heavy atom. The van der Waals surface area contributed by atoms with Crippen LogP contribution in [0.15, 0.2) is 24.3 Å². The number of rotatable bonds is 3. The predicted molar refractivity (Wildman–Crippen MR) is 85.7 cm³/mol. The Morgan fingerprint density at radius 2 is 1.78 bits per heavy atom. The zero-order chi connectivity index (χ0) is 16.0. The van der Waals surface area contributed by atoms with E-state index < -0.39 is 11.9 Å². The summed E-state index contributed by atoms with van der Waals surface area (Å²) in [6.45, 7) is 0. The maximum absolute atomic E-state index is 12.9. The fraction of sp³-hybridized carbons (Fsp3) is 0.579. The first-order valence-corrected chi connectivity index (χ1v) is 8.76. The minimum absolute atomic E-state index is 0.0358. The largest absolute Gasteiger partial charge is 0.481 e. The lowest BCUT2D eigenvalue weighted by molar-refractivity contribution is -0.149. The van der Waals surface area contributed by atoms with E-state index in [0.717, 1.165) is 38.5 Å². The van der Waals surface area contributed by atoms with E-state index in [1.165, 1.54) is 11.1 Å². The molecular formula is C19H23NO3. The van der Waals surface area contributed by atoms with Gasteiger partial charge in [-0.15, -0.1) is 0 Å². The van der Waals surface area contributed by atoms with Crippen LogP contribution in [0.5, 0.6) is 0 Å². The van der Waals surface area contributed by atoms with Crippen molar-refractivity contribution in [1.29, 1.82) is 0 Å². The first-order chi connectivity index (χ1) is 11.1. The number of aryl methyl sites for hydroxylation is 1. The van der Waals surface area contributed by atoms with E-state index in [0.29, 0.717) is 0 Å². The Kier molecular flexibility index (Phi) is 3.63. The van der Waals surface area contributed by atoms with Crippen LogP contribution in [0.2, 0.25) is 0 Å². The van der Waals surface area contributed by atoms with Crippen molar-refractivity contribution >= 4 is 11.9 Å². The summed E-state index contributed by atoms with van der Waals surface area (Å²) >= 11 is 0. The van der Waals surface area contributed by atoms with Crippen molar-refractivity contribution in [2.75, 3.05) is 0 Å². The monoisotopic (exact) mass is 313 g/mol. The molecule has 3 aliphatic carbocycles. The van der Waals surface area contributed by atoms with Crippen molar-refractivity contribution in [1.82, 2.24) is 5.32 Å². The molecule has 23 heavy (non-hydrogen) atoms. The topological polar surface area (TPSA) is 66.4 Å². The Balaban J connectivity index is 1.54. The minimum Gasteiger partial charge on any atom is -0.481 e. The summed E-state index contributed by atoms with van der Waals surface area (Å²) in [5.74, 6) is -1.17. The molecular weight excluding hydrogens is 290 g/mol. The van der Waals surface area contributed by atoms with E-state index in [9.17, 15) is 14.7 Å². The zero-order valence-electron chi connectivity index (χ0n) is 13.2. The lowest BCUT2D eigenvalue weighted by atomic mass is 9.78. The summed E-state index contributed by atoms with van der Waals surface area (Å²) in [6.07, 6.45) is 5.97. The average Bonchev–Trinajstić information content (AvgIpc) is 3.16. The maximum atomic E-state index is 12.9. The standard InChI is InChI=1S/C19H23NO3/c21-18(16-12-8-9-13(10-12)17(16)19(22)23)20-15-7-3-5-11-4-1-2-6-14(11)15/h1-2,4,6,12-13,15-17H,3,5,7-10H2,(H,20,21)(H,22,23)/t12-,13-,15+,16-,17-/m0/s1. The third-order valence-electron chi connectivity index (χ3n) is 6.19. The molecule has 4 rings (SSSR count). The highest BCUT2D eigenvalue weighted by atomic mass is 16.4. The second-order valence-corrected chi connectivity index (χ2v) is 7.38. The number of fused-ring (bicyclic) bond motifs is 3. The van der Waals surface area contributed by atoms with E-state index in [4.69, 9.17) is 0 Å². The molecule has 0 heterocycles. The molecule has 2 saturated carbocycles. The molecule has 4 heteroatoms. The Morgan fingerprint density at radius 3 is 2.57 bits per heavy atom. The molecule has 1 aromatic carbocycles. The predicted octanol–water partition coefficient (Wildman–Crippen LogP) is 2.93. The second kappa shape index (κ2) is 5.66. The van der Waals surface area contributed by atoms with Gasteiger partial charge < -0.3 is 10.4 Å². The molecule has 1 aromatic rings. The number of nitrogens with one attached hydrogen (secondary N) is 1. The molecule has 122 valence electrons. The van der Waals surface area contributed by atoms with Gasteiger partial charge in [0.15, 0.2) is 0 Å². The summed E-state index contributed by atoms with van der Waals surface area (Å²) in [7, 11) is 0. The highest BCUT2D eigenvalue weighted by molar-refractivity contribution is 5.86. The zero-order valence-corrected chi connectivity index (χ0v) is 13.2. The van der Waals surface area contributed by atoms with E-state index >= 15 is 0 Å². The van der Waals surface area contributed by atoms with Crippen LogP contribution in [0, 0.1) is 23.7 Å². The third-order valence-corrected chi connectivity index (χ3v) is 6.19. The number of amides is 1. The molecule has 2 fully saturated rings. The molecule has 5 atom stereocenters. The Bertz CT molecular complexity index is 641. The van der Waals surface area contributed by atoms with E-state index in [1.807, 2.05) is 12.1 Å². The summed E-state index contributed by atoms with van der Waals surface area (Å²) in [4.78, 5) is 24.5. The number of hydrogen-bond donors (Lipinski definition) is 2. The number of aliphatic carboxylic acids is 1. The third kappa shape index (κ3) is 2.44. The van der Waals surface area contributed by atoms with Gasteiger partial charge in [0.25, 0.3) is 0 Å². The molecule has 3 aliphatic rings. The molecule has 0 saturated heterocycles. The number of hydrogen-bond acceptors (Lipinski definition) is 2. The quantitative estimate of drug-likeness (QED) is 0.901. The van der Waals surface area contributed by atoms with Crippen molar-refractivity contribution in [3.05, 3.63) is 35.4 Å². The van der Waals surface area contributed by atoms with Crippen LogP contribution in [0.1, 0.15) is 49.3 Å². The first kappa shape index (κ1) is 14.7. The van der Waals surface area contributed by atoms with Gasteiger partial charge in [0, 0.05) is 0 Å². The van der Waals surface area contributed by atoms with Crippen molar-refractivity contribution in [3.63, 3.8) is 0 Å². The van der Waals surface area contributed by atoms with Crippen LogP contribution in [0.3, 0.4) is 0 Å². The number of carbonyl (C=O) groups excluding carboxylic acids is 1. The average molecular weight is 313 g/mol. The van der Waals surface area contributed by atoms with Gasteiger partial charge in [-0.2, -0.15) is 0 Å². The number of carbonyl (C=O) groups is 2. The molecule has 0 aliphatic heterocycles. The van der Waals surface area contributed by atoms with E-state index in [-0.39, 0.29) is 29.7 Å². The number of carboxylic acids is 1. The van der Waals surface area contributed by atoms with Crippen LogP contribution < -0.4 is 5.32 Å². The van der Waals surface area contributed by atoms with Crippen LogP contribution in [-0.4, -0.2) is 17.0 Å². The molecule has 1 amide bonds. The number of benzene rings is 1. The Labute approximate surface area is 136 Å². The van der Waals surface area contributed by atoms with Gasteiger partial charge in [0.05, 0.1) is 17.9 Å². The minimum atomic E-state index is -0.790. The van der Waals surface area contributed by atoms with Crippen molar-refractivity contribution < 1.29 is 14.7 Å². The van der Waals surface area contributed by atoms with Gasteiger partial charge in [0.1, 0.15) is 0 Å². The second-order valence-electron chi connectivity index (χ2n) is 7.38. The lowest BCUT2D eigenvalue weighted by Gasteiger charge is -2.31. The summed E-state index contributed by atoms with van der Waals surface area (Å²) < 4.78 is 0. The fourth-order valence-electron chi connectivity index (χ4n) is 5.20. The highest BCUT2D eigenvalue weighted by Crippen LogP contribution is 2.52. The normalized spacial score (nSPS) is 34.9. The molecule has 2 N–H and O–H groups in total. The molecule has 0 radical (unpaired) electrons. The first-order valence-electron chi connectivity index (χ1n) is 8.76. The van der Waals surface area contributed by atoms with Gasteiger partial charge in [0.2, 0.25) is 5.91 Å². The highest BCUT2D eigenvalue weighted by Gasteiger charge is 2.54. The van der Waals surface area contributed by atoms with Crippen molar-refractivity contribution in [2.45, 2.75) is 44.6 Å². The fourth-order valence-corrected chi connectivity index (χ4v) is 5.20. The van der Waals surface area contributed by atoms with Crippen LogP contribution in [0.25, 0.3) is 0 Å². The summed E-state index contributed by atoms with van der Waals surface area (Å²) in [5.41, 5.74) is 2.52. The van der Waals surface area contributed by atoms with E-state index in [1.54, 1.807) is 0 Å².